The summed E-state index contributed by atoms with van der Waals surface area (Å²) >= 11 is 0. The second-order valence-electron chi connectivity index (χ2n) is 6.98. The average Bonchev–Trinajstić information content (AvgIpc) is 2.78. The second-order valence-corrected chi connectivity index (χ2v) is 6.98. The molecule has 0 fully saturated rings. The van der Waals surface area contributed by atoms with Gasteiger partial charge in [-0.25, -0.2) is 18.2 Å². The molecule has 1 aromatic carbocycles. The van der Waals surface area contributed by atoms with Crippen molar-refractivity contribution in [1.82, 2.24) is 19.9 Å². The van der Waals surface area contributed by atoms with E-state index in [0.717, 1.165) is 5.56 Å². The van der Waals surface area contributed by atoms with Crippen molar-refractivity contribution in [3.05, 3.63) is 83.7 Å². The number of ether oxygens (including phenoxy) is 1. The maximum Gasteiger partial charge on any atom is 0.280 e. The standard InChI is InChI=1S/C23H18F3N5O/c1-13-10-16(11-18(29-13)21(25)26)19-20(15-2-4-17(24)5-3-15)30-23(27)31-22(19)32-12-14-6-8-28-9-7-14/h2-11,21H,12H2,1H3,(H2,27,30,31). The highest BCUT2D eigenvalue weighted by molar-refractivity contribution is 5.85. The van der Waals surface area contributed by atoms with Crippen molar-refractivity contribution < 1.29 is 17.9 Å². The number of aromatic nitrogens is 4. The van der Waals surface area contributed by atoms with Gasteiger partial charge in [0.25, 0.3) is 6.43 Å². The highest BCUT2D eigenvalue weighted by Crippen LogP contribution is 2.39. The first-order chi connectivity index (χ1) is 15.4. The van der Waals surface area contributed by atoms with Crippen LogP contribution in [0.15, 0.2) is 60.9 Å². The number of hydrogen-bond acceptors (Lipinski definition) is 6. The van der Waals surface area contributed by atoms with Crippen molar-refractivity contribution in [2.45, 2.75) is 20.0 Å². The first-order valence-electron chi connectivity index (χ1n) is 9.63. The van der Waals surface area contributed by atoms with Gasteiger partial charge in [0.05, 0.1) is 11.3 Å². The number of hydrogen-bond donors (Lipinski definition) is 1. The summed E-state index contributed by atoms with van der Waals surface area (Å²) in [6.07, 6.45) is 0.483. The second kappa shape index (κ2) is 9.01. The van der Waals surface area contributed by atoms with E-state index in [-0.39, 0.29) is 24.1 Å². The smallest absolute Gasteiger partial charge is 0.280 e. The Morgan fingerprint density at radius 1 is 0.938 bits per heavy atom. The number of pyridine rings is 2. The van der Waals surface area contributed by atoms with Crippen LogP contribution in [0.3, 0.4) is 0 Å². The normalized spacial score (nSPS) is 11.0. The van der Waals surface area contributed by atoms with Gasteiger partial charge in [-0.2, -0.15) is 4.98 Å². The lowest BCUT2D eigenvalue weighted by Gasteiger charge is -2.16. The van der Waals surface area contributed by atoms with Crippen LogP contribution >= 0.6 is 0 Å². The van der Waals surface area contributed by atoms with Crippen molar-refractivity contribution in [2.75, 3.05) is 5.73 Å². The van der Waals surface area contributed by atoms with Crippen LogP contribution in [0.2, 0.25) is 0 Å². The molecule has 4 aromatic rings. The molecule has 0 spiro atoms. The average molecular weight is 437 g/mol. The predicted octanol–water partition coefficient (Wildman–Crippen LogP) is 5.15. The van der Waals surface area contributed by atoms with E-state index >= 15 is 0 Å². The summed E-state index contributed by atoms with van der Waals surface area (Å²) in [5.74, 6) is -0.386. The molecule has 0 aliphatic rings. The molecule has 0 aliphatic carbocycles. The van der Waals surface area contributed by atoms with E-state index in [1.54, 1.807) is 37.5 Å². The van der Waals surface area contributed by atoms with Crippen LogP contribution in [0.4, 0.5) is 19.1 Å². The lowest BCUT2D eigenvalue weighted by Crippen LogP contribution is -2.06. The SMILES string of the molecule is Cc1cc(-c2c(OCc3ccncc3)nc(N)nc2-c2ccc(F)cc2)cc(C(F)F)n1. The van der Waals surface area contributed by atoms with Crippen LogP contribution in [-0.2, 0) is 6.61 Å². The van der Waals surface area contributed by atoms with E-state index in [4.69, 9.17) is 10.5 Å². The van der Waals surface area contributed by atoms with Crippen LogP contribution < -0.4 is 10.5 Å². The summed E-state index contributed by atoms with van der Waals surface area (Å²) in [6, 6.07) is 12.0. The zero-order valence-corrected chi connectivity index (χ0v) is 17.0. The number of anilines is 1. The highest BCUT2D eigenvalue weighted by atomic mass is 19.3. The molecule has 3 heterocycles. The van der Waals surface area contributed by atoms with Gasteiger partial charge in [-0.1, -0.05) is 0 Å². The molecule has 4 rings (SSSR count). The van der Waals surface area contributed by atoms with Crippen LogP contribution in [-0.4, -0.2) is 19.9 Å². The van der Waals surface area contributed by atoms with Gasteiger partial charge in [0.15, 0.2) is 0 Å². The van der Waals surface area contributed by atoms with Crippen LogP contribution in [0.1, 0.15) is 23.4 Å². The predicted molar refractivity (Wildman–Crippen MR) is 113 cm³/mol. The van der Waals surface area contributed by atoms with E-state index in [2.05, 4.69) is 19.9 Å². The Morgan fingerprint density at radius 2 is 1.66 bits per heavy atom. The Bertz CT molecular complexity index is 1230. The van der Waals surface area contributed by atoms with Gasteiger partial charge in [0, 0.05) is 23.7 Å². The molecule has 0 bridgehead atoms. The number of aryl methyl sites for hydroxylation is 1. The van der Waals surface area contributed by atoms with Crippen LogP contribution in [0, 0.1) is 12.7 Å². The Morgan fingerprint density at radius 3 is 2.34 bits per heavy atom. The maximum atomic E-state index is 13.5. The first kappa shape index (κ1) is 21.2. The van der Waals surface area contributed by atoms with E-state index in [0.29, 0.717) is 28.1 Å². The van der Waals surface area contributed by atoms with Gasteiger partial charge in [-0.15, -0.1) is 0 Å². The van der Waals surface area contributed by atoms with E-state index in [9.17, 15) is 13.2 Å². The molecule has 0 aliphatic heterocycles. The minimum absolute atomic E-state index is 0.0716. The Labute approximate surface area is 182 Å². The Balaban J connectivity index is 1.90. The van der Waals surface area contributed by atoms with Crippen molar-refractivity contribution >= 4 is 5.95 Å². The molecule has 0 saturated heterocycles. The molecule has 0 atom stereocenters. The summed E-state index contributed by atoms with van der Waals surface area (Å²) in [4.78, 5) is 16.4. The third-order valence-electron chi connectivity index (χ3n) is 4.62. The fraction of sp³-hybridized carbons (Fsp3) is 0.130. The van der Waals surface area contributed by atoms with Crippen molar-refractivity contribution in [1.29, 1.82) is 0 Å². The zero-order valence-electron chi connectivity index (χ0n) is 17.0. The Kier molecular flexibility index (Phi) is 5.98. The monoisotopic (exact) mass is 437 g/mol. The number of nitrogens with two attached hydrogens (primary N) is 1. The fourth-order valence-corrected chi connectivity index (χ4v) is 3.22. The molecule has 32 heavy (non-hydrogen) atoms. The first-order valence-corrected chi connectivity index (χ1v) is 9.63. The minimum Gasteiger partial charge on any atom is -0.472 e. The molecule has 162 valence electrons. The number of benzene rings is 1. The summed E-state index contributed by atoms with van der Waals surface area (Å²) < 4.78 is 46.4. The van der Waals surface area contributed by atoms with Gasteiger partial charge in [-0.3, -0.25) is 9.97 Å². The number of alkyl halides is 2. The summed E-state index contributed by atoms with van der Waals surface area (Å²) in [5, 5.41) is 0. The van der Waals surface area contributed by atoms with Crippen LogP contribution in [0.25, 0.3) is 22.4 Å². The Hall–Kier alpha value is -4.01. The molecule has 2 N–H and O–H groups in total. The number of nitrogens with zero attached hydrogens (tertiary/aromatic N) is 4. The maximum absolute atomic E-state index is 13.5. The molecular formula is C23H18F3N5O. The van der Waals surface area contributed by atoms with E-state index < -0.39 is 12.2 Å². The quantitative estimate of drug-likeness (QED) is 0.449. The summed E-state index contributed by atoms with van der Waals surface area (Å²) in [7, 11) is 0. The molecule has 9 heteroatoms. The molecule has 0 unspecified atom stereocenters. The van der Waals surface area contributed by atoms with E-state index in [1.807, 2.05) is 0 Å². The molecule has 6 nitrogen and oxygen atoms in total. The third-order valence-corrected chi connectivity index (χ3v) is 4.62. The number of halogens is 3. The topological polar surface area (TPSA) is 86.8 Å². The van der Waals surface area contributed by atoms with Gasteiger partial charge in [-0.05, 0) is 66.6 Å². The van der Waals surface area contributed by atoms with Crippen LogP contribution in [0.5, 0.6) is 5.88 Å². The highest BCUT2D eigenvalue weighted by Gasteiger charge is 2.21. The lowest BCUT2D eigenvalue weighted by molar-refractivity contribution is 0.146. The van der Waals surface area contributed by atoms with Crippen molar-refractivity contribution in [3.63, 3.8) is 0 Å². The molecule has 0 saturated carbocycles. The van der Waals surface area contributed by atoms with Gasteiger partial charge in [0.1, 0.15) is 18.1 Å². The number of rotatable bonds is 6. The van der Waals surface area contributed by atoms with E-state index in [1.165, 1.54) is 30.3 Å². The lowest BCUT2D eigenvalue weighted by atomic mass is 9.99. The third kappa shape index (κ3) is 4.66. The minimum atomic E-state index is -2.76. The largest absolute Gasteiger partial charge is 0.472 e. The number of nitrogen functional groups attached to an aromatic ring is 1. The van der Waals surface area contributed by atoms with Crippen molar-refractivity contribution in [2.24, 2.45) is 0 Å². The van der Waals surface area contributed by atoms with Gasteiger partial charge in [0.2, 0.25) is 11.8 Å². The van der Waals surface area contributed by atoms with Crippen molar-refractivity contribution in [3.8, 4) is 28.3 Å². The molecule has 0 radical (unpaired) electrons. The zero-order chi connectivity index (χ0) is 22.7. The summed E-state index contributed by atoms with van der Waals surface area (Å²) in [5.41, 5.74) is 8.35. The fourth-order valence-electron chi connectivity index (χ4n) is 3.22. The molecule has 3 aromatic heterocycles. The molecule has 0 amide bonds. The van der Waals surface area contributed by atoms with Gasteiger partial charge >= 0.3 is 0 Å². The van der Waals surface area contributed by atoms with Gasteiger partial charge < -0.3 is 10.5 Å². The summed E-state index contributed by atoms with van der Waals surface area (Å²) in [6.45, 7) is 1.75. The molecular weight excluding hydrogens is 419 g/mol.